The number of carboxylic acids is 3. The van der Waals surface area contributed by atoms with Crippen molar-refractivity contribution in [1.82, 2.24) is 15.5 Å². The van der Waals surface area contributed by atoms with Crippen molar-refractivity contribution in [3.63, 3.8) is 0 Å². The van der Waals surface area contributed by atoms with E-state index in [9.17, 15) is 53.5 Å². The molecular weight excluding hydrogens is 812 g/mol. The smallest absolute Gasteiger partial charge is 0.475 e. The van der Waals surface area contributed by atoms with Crippen molar-refractivity contribution in [3.8, 4) is 0 Å². The average Bonchev–Trinajstić information content (AvgIpc) is 3.41. The molecule has 0 saturated carbocycles. The highest BCUT2D eigenvalue weighted by Gasteiger charge is 2.40. The van der Waals surface area contributed by atoms with Gasteiger partial charge in [-0.15, -0.1) is 0 Å². The van der Waals surface area contributed by atoms with Gasteiger partial charge in [-0.1, -0.05) is 29.8 Å². The second-order valence-corrected chi connectivity index (χ2v) is 11.6. The lowest BCUT2D eigenvalue weighted by Gasteiger charge is -2.27. The van der Waals surface area contributed by atoms with Gasteiger partial charge in [-0.2, -0.15) is 39.5 Å². The number of carbonyl (C=O) groups excluding carboxylic acids is 2. The first-order valence-corrected chi connectivity index (χ1v) is 15.6. The monoisotopic (exact) mass is 843 g/mol. The van der Waals surface area contributed by atoms with Crippen LogP contribution >= 0.6 is 11.6 Å². The summed E-state index contributed by atoms with van der Waals surface area (Å²) in [6.07, 6.45) is -14.6. The van der Waals surface area contributed by atoms with Gasteiger partial charge in [0.15, 0.2) is 5.96 Å². The molecule has 1 aliphatic heterocycles. The van der Waals surface area contributed by atoms with Crippen molar-refractivity contribution >= 4 is 53.0 Å². The summed E-state index contributed by atoms with van der Waals surface area (Å²) in [5.74, 6) is -10.9. The lowest BCUT2D eigenvalue weighted by atomic mass is 10.00. The van der Waals surface area contributed by atoms with Crippen molar-refractivity contribution in [3.05, 3.63) is 63.9 Å². The van der Waals surface area contributed by atoms with Crippen molar-refractivity contribution in [2.24, 2.45) is 22.4 Å². The van der Waals surface area contributed by atoms with E-state index in [0.29, 0.717) is 13.0 Å². The Morgan fingerprint density at radius 2 is 1.32 bits per heavy atom. The van der Waals surface area contributed by atoms with Crippen LogP contribution in [0.25, 0.3) is 0 Å². The van der Waals surface area contributed by atoms with Crippen LogP contribution in [-0.4, -0.2) is 107 Å². The van der Waals surface area contributed by atoms with Gasteiger partial charge in [-0.3, -0.25) is 19.5 Å². The molecule has 0 aromatic heterocycles. The van der Waals surface area contributed by atoms with Crippen LogP contribution < -0.4 is 27.4 Å². The molecule has 2 aromatic rings. The van der Waals surface area contributed by atoms with E-state index in [-0.39, 0.29) is 22.6 Å². The number of alkyl halides is 9. The summed E-state index contributed by atoms with van der Waals surface area (Å²) in [6, 6.07) is 9.55. The van der Waals surface area contributed by atoms with Crippen LogP contribution in [-0.2, 0) is 36.9 Å². The highest BCUT2D eigenvalue weighted by atomic mass is 35.5. The molecule has 0 radical (unpaired) electrons. The van der Waals surface area contributed by atoms with Crippen LogP contribution in [0.3, 0.4) is 0 Å². The molecule has 26 heteroatoms. The Morgan fingerprint density at radius 3 is 1.77 bits per heavy atom. The predicted molar refractivity (Wildman–Crippen MR) is 174 cm³/mol. The van der Waals surface area contributed by atoms with Crippen molar-refractivity contribution in [1.29, 1.82) is 0 Å². The fourth-order valence-electron chi connectivity index (χ4n) is 4.58. The number of piperazine rings is 1. The third-order valence-corrected chi connectivity index (χ3v) is 7.32. The molecule has 0 unspecified atom stereocenters. The minimum atomic E-state index is -5.08. The zero-order valence-corrected chi connectivity index (χ0v) is 28.9. The van der Waals surface area contributed by atoms with Crippen LogP contribution in [0.4, 0.5) is 49.6 Å². The summed E-state index contributed by atoms with van der Waals surface area (Å²) < 4.78 is 109. The SMILES string of the molecule is NC(N)=NC[C@H]1Cc2cc(CN3CCNCC3)ccc2[C@@H]1NC(=O)C(=O)Nc1ccc(Cl)c(F)c1.O=C(O)C(F)(F)F.O=C(O)C(F)(F)F.O=C(O)C(F)(F)F. The van der Waals surface area contributed by atoms with Gasteiger partial charge in [-0.05, 0) is 41.3 Å². The molecule has 2 atom stereocenters. The number of nitrogens with zero attached hydrogens (tertiary/aromatic N) is 2. The van der Waals surface area contributed by atoms with E-state index in [2.05, 4.69) is 38.0 Å². The minimum Gasteiger partial charge on any atom is -0.475 e. The van der Waals surface area contributed by atoms with Gasteiger partial charge < -0.3 is 42.7 Å². The number of guanidine groups is 1. The van der Waals surface area contributed by atoms with Gasteiger partial charge >= 0.3 is 48.3 Å². The number of fused-ring (bicyclic) bond motifs is 1. The summed E-state index contributed by atoms with van der Waals surface area (Å²) in [5.41, 5.74) is 14.4. The summed E-state index contributed by atoms with van der Waals surface area (Å²) >= 11 is 5.67. The lowest BCUT2D eigenvalue weighted by molar-refractivity contribution is -0.193. The summed E-state index contributed by atoms with van der Waals surface area (Å²) in [6.45, 7) is 5.10. The number of nitrogens with two attached hydrogens (primary N) is 2. The van der Waals surface area contributed by atoms with Gasteiger partial charge in [0.25, 0.3) is 0 Å². The zero-order valence-electron chi connectivity index (χ0n) is 28.2. The van der Waals surface area contributed by atoms with E-state index >= 15 is 0 Å². The van der Waals surface area contributed by atoms with E-state index in [4.69, 9.17) is 52.8 Å². The maximum Gasteiger partial charge on any atom is 0.490 e. The number of rotatable bonds is 6. The number of aliphatic carboxylic acids is 3. The molecule has 2 aliphatic rings. The highest BCUT2D eigenvalue weighted by molar-refractivity contribution is 6.39. The van der Waals surface area contributed by atoms with Crippen LogP contribution in [0.15, 0.2) is 41.4 Å². The Balaban J connectivity index is 0.000000610. The molecule has 2 amide bonds. The first kappa shape index (κ1) is 48.6. The van der Waals surface area contributed by atoms with E-state index in [0.717, 1.165) is 49.9 Å². The molecular formula is C30H32ClF10N7O8. The van der Waals surface area contributed by atoms with E-state index in [1.807, 2.05) is 6.07 Å². The number of carbonyl (C=O) groups is 5. The van der Waals surface area contributed by atoms with Gasteiger partial charge in [0.1, 0.15) is 5.82 Å². The summed E-state index contributed by atoms with van der Waals surface area (Å²) in [5, 5.41) is 29.9. The van der Waals surface area contributed by atoms with Gasteiger partial charge in [0, 0.05) is 50.9 Å². The molecule has 312 valence electrons. The van der Waals surface area contributed by atoms with Gasteiger partial charge in [-0.25, -0.2) is 18.8 Å². The van der Waals surface area contributed by atoms with Gasteiger partial charge in [0.2, 0.25) is 0 Å². The summed E-state index contributed by atoms with van der Waals surface area (Å²) in [4.78, 5) is 58.5. The van der Waals surface area contributed by atoms with Crippen molar-refractivity contribution in [2.75, 3.05) is 38.0 Å². The first-order chi connectivity index (χ1) is 25.6. The molecule has 4 rings (SSSR count). The van der Waals surface area contributed by atoms with Crippen molar-refractivity contribution < 1.29 is 83.2 Å². The van der Waals surface area contributed by atoms with E-state index in [1.54, 1.807) is 0 Å². The van der Waals surface area contributed by atoms with E-state index in [1.165, 1.54) is 17.7 Å². The molecule has 10 N–H and O–H groups in total. The standard InChI is InChI=1S/C24H29ClFN7O2.3C2HF3O2/c25-19-4-2-17(11-20(19)26)31-22(34)23(35)32-21-16(12-30-24(27)28)10-15-9-14(1-3-18(15)21)13-33-7-5-29-6-8-33;3*3-2(4,5)1(6)7/h1-4,9,11,16,21,29H,5-8,10,12-13H2,(H,31,34)(H,32,35)(H4,27,28,30);3*(H,6,7)/t16-,21-;;;/m1.../s1. The third-order valence-electron chi connectivity index (χ3n) is 7.02. The topological polar surface area (TPSA) is 250 Å². The van der Waals surface area contributed by atoms with Gasteiger partial charge in [0.05, 0.1) is 11.1 Å². The maximum atomic E-state index is 13.7. The van der Waals surface area contributed by atoms with Crippen LogP contribution in [0.1, 0.15) is 22.7 Å². The summed E-state index contributed by atoms with van der Waals surface area (Å²) in [7, 11) is 0. The lowest BCUT2D eigenvalue weighted by Crippen LogP contribution is -2.42. The maximum absolute atomic E-state index is 13.7. The number of amides is 2. The quantitative estimate of drug-likeness (QED) is 0.0905. The number of anilines is 1. The van der Waals surface area contributed by atoms with Crippen molar-refractivity contribution in [2.45, 2.75) is 37.5 Å². The molecule has 1 heterocycles. The number of nitrogens with one attached hydrogen (secondary N) is 3. The van der Waals surface area contributed by atoms with Crippen LogP contribution in [0.2, 0.25) is 5.02 Å². The normalized spacial score (nSPS) is 16.5. The molecule has 0 spiro atoms. The number of hydrogen-bond donors (Lipinski definition) is 8. The molecule has 15 nitrogen and oxygen atoms in total. The van der Waals surface area contributed by atoms with Crippen LogP contribution in [0, 0.1) is 11.7 Å². The fourth-order valence-corrected chi connectivity index (χ4v) is 4.69. The van der Waals surface area contributed by atoms with Crippen LogP contribution in [0.5, 0.6) is 0 Å². The molecule has 1 fully saturated rings. The largest absolute Gasteiger partial charge is 0.490 e. The Labute approximate surface area is 313 Å². The predicted octanol–water partition coefficient (Wildman–Crippen LogP) is 3.03. The zero-order chi connectivity index (χ0) is 43.2. The second kappa shape index (κ2) is 21.0. The number of hydrogen-bond acceptors (Lipinski definition) is 8. The number of carboxylic acid groups (broad SMARTS) is 3. The Hall–Kier alpha value is -5.43. The number of benzene rings is 2. The highest BCUT2D eigenvalue weighted by Crippen LogP contribution is 2.37. The Morgan fingerprint density at radius 1 is 0.821 bits per heavy atom. The number of halogens is 11. The molecule has 0 bridgehead atoms. The third kappa shape index (κ3) is 17.4. The molecule has 2 aromatic carbocycles. The average molecular weight is 844 g/mol. The Bertz CT molecular complexity index is 1680. The Kier molecular flexibility index (Phi) is 18.2. The fraction of sp³-hybridized carbons (Fsp3) is 0.400. The first-order valence-electron chi connectivity index (χ1n) is 15.2. The number of aliphatic imine (C=N–C) groups is 1. The second-order valence-electron chi connectivity index (χ2n) is 11.2. The molecule has 1 aliphatic carbocycles. The minimum absolute atomic E-state index is 0.0343. The molecule has 1 saturated heterocycles. The molecule has 56 heavy (non-hydrogen) atoms. The van der Waals surface area contributed by atoms with E-state index < -0.39 is 60.1 Å².